The molecule has 1 N–H and O–H groups in total. The van der Waals surface area contributed by atoms with Crippen LogP contribution in [0.1, 0.15) is 38.0 Å². The van der Waals surface area contributed by atoms with E-state index in [1.807, 2.05) is 63.9 Å². The summed E-state index contributed by atoms with van der Waals surface area (Å²) in [5, 5.41) is 7.26. The fourth-order valence-corrected chi connectivity index (χ4v) is 2.29. The average molecular weight is 359 g/mol. The molecule has 0 saturated heterocycles. The third-order valence-corrected chi connectivity index (χ3v) is 3.87. The van der Waals surface area contributed by atoms with Crippen molar-refractivity contribution >= 4 is 5.96 Å². The quantitative estimate of drug-likeness (QED) is 0.631. The standard InChI is InChI=1S/C19H29N5O2/c1-14-9-7-8-10-15(14)25-12-11-24(6)18(20-5)21-13-16-22-17(26-23-16)19(2,3)4/h7-10H,11-13H2,1-6H3,(H,20,21). The van der Waals surface area contributed by atoms with E-state index >= 15 is 0 Å². The lowest BCUT2D eigenvalue weighted by Gasteiger charge is -2.21. The summed E-state index contributed by atoms with van der Waals surface area (Å²) in [4.78, 5) is 10.7. The van der Waals surface area contributed by atoms with Gasteiger partial charge in [-0.05, 0) is 18.6 Å². The van der Waals surface area contributed by atoms with Crippen molar-refractivity contribution in [1.29, 1.82) is 0 Å². The number of rotatable bonds is 6. The van der Waals surface area contributed by atoms with Gasteiger partial charge in [-0.2, -0.15) is 4.98 Å². The van der Waals surface area contributed by atoms with Crippen LogP contribution in [0, 0.1) is 6.92 Å². The lowest BCUT2D eigenvalue weighted by atomic mass is 9.97. The van der Waals surface area contributed by atoms with E-state index in [2.05, 4.69) is 20.4 Å². The molecule has 7 heteroatoms. The molecule has 26 heavy (non-hydrogen) atoms. The van der Waals surface area contributed by atoms with Crippen LogP contribution in [0.3, 0.4) is 0 Å². The van der Waals surface area contributed by atoms with Crippen molar-refractivity contribution in [2.75, 3.05) is 27.2 Å². The highest BCUT2D eigenvalue weighted by molar-refractivity contribution is 5.79. The largest absolute Gasteiger partial charge is 0.491 e. The normalized spacial score (nSPS) is 12.2. The Morgan fingerprint density at radius 3 is 2.65 bits per heavy atom. The van der Waals surface area contributed by atoms with Crippen LogP contribution in [-0.4, -0.2) is 48.2 Å². The van der Waals surface area contributed by atoms with E-state index in [0.717, 1.165) is 17.3 Å². The first-order chi connectivity index (χ1) is 12.3. The first-order valence-corrected chi connectivity index (χ1v) is 8.74. The van der Waals surface area contributed by atoms with Gasteiger partial charge in [0.15, 0.2) is 11.8 Å². The summed E-state index contributed by atoms with van der Waals surface area (Å²) in [6, 6.07) is 7.99. The van der Waals surface area contributed by atoms with Gasteiger partial charge in [-0.25, -0.2) is 0 Å². The maximum Gasteiger partial charge on any atom is 0.232 e. The molecule has 1 heterocycles. The van der Waals surface area contributed by atoms with Crippen molar-refractivity contribution in [3.63, 3.8) is 0 Å². The highest BCUT2D eigenvalue weighted by atomic mass is 16.5. The molecular weight excluding hydrogens is 330 g/mol. The molecule has 1 aromatic heterocycles. The molecule has 0 bridgehead atoms. The Morgan fingerprint density at radius 2 is 2.04 bits per heavy atom. The third kappa shape index (κ3) is 5.47. The van der Waals surface area contributed by atoms with Crippen molar-refractivity contribution in [3.05, 3.63) is 41.5 Å². The number of aliphatic imine (C=N–C) groups is 1. The van der Waals surface area contributed by atoms with Crippen LogP contribution < -0.4 is 10.1 Å². The van der Waals surface area contributed by atoms with E-state index in [0.29, 0.717) is 31.4 Å². The number of likely N-dealkylation sites (N-methyl/N-ethyl adjacent to an activating group) is 1. The minimum absolute atomic E-state index is 0.156. The number of para-hydroxylation sites is 1. The molecule has 1 aromatic carbocycles. The van der Waals surface area contributed by atoms with Crippen molar-refractivity contribution in [3.8, 4) is 5.75 Å². The van der Waals surface area contributed by atoms with Gasteiger partial charge in [0.1, 0.15) is 12.4 Å². The summed E-state index contributed by atoms with van der Waals surface area (Å²) in [6.07, 6.45) is 0. The van der Waals surface area contributed by atoms with Gasteiger partial charge in [0.05, 0.1) is 13.1 Å². The monoisotopic (exact) mass is 359 g/mol. The number of hydrogen-bond acceptors (Lipinski definition) is 5. The molecule has 0 amide bonds. The van der Waals surface area contributed by atoms with Gasteiger partial charge in [0.2, 0.25) is 5.89 Å². The number of aromatic nitrogens is 2. The smallest absolute Gasteiger partial charge is 0.232 e. The first kappa shape index (κ1) is 19.8. The van der Waals surface area contributed by atoms with Gasteiger partial charge in [0.25, 0.3) is 0 Å². The van der Waals surface area contributed by atoms with Gasteiger partial charge in [-0.3, -0.25) is 4.99 Å². The Balaban J connectivity index is 1.82. The fourth-order valence-electron chi connectivity index (χ4n) is 2.29. The SMILES string of the molecule is CN=C(NCc1noc(C(C)(C)C)n1)N(C)CCOc1ccccc1C. The van der Waals surface area contributed by atoms with Crippen LogP contribution in [0.25, 0.3) is 0 Å². The van der Waals surface area contributed by atoms with Crippen LogP contribution in [0.2, 0.25) is 0 Å². The number of benzene rings is 1. The summed E-state index contributed by atoms with van der Waals surface area (Å²) in [5.74, 6) is 2.90. The van der Waals surface area contributed by atoms with Gasteiger partial charge in [-0.1, -0.05) is 44.1 Å². The molecule has 0 spiro atoms. The topological polar surface area (TPSA) is 75.8 Å². The molecule has 2 aromatic rings. The first-order valence-electron chi connectivity index (χ1n) is 8.74. The zero-order valence-electron chi connectivity index (χ0n) is 16.5. The molecule has 0 aliphatic heterocycles. The number of ether oxygens (including phenoxy) is 1. The van der Waals surface area contributed by atoms with Crippen LogP contribution in [0.4, 0.5) is 0 Å². The van der Waals surface area contributed by atoms with E-state index < -0.39 is 0 Å². The van der Waals surface area contributed by atoms with Crippen molar-refractivity contribution in [2.24, 2.45) is 4.99 Å². The van der Waals surface area contributed by atoms with E-state index in [1.54, 1.807) is 7.05 Å². The number of hydrogen-bond donors (Lipinski definition) is 1. The Bertz CT molecular complexity index is 734. The van der Waals surface area contributed by atoms with Crippen LogP contribution >= 0.6 is 0 Å². The lowest BCUT2D eigenvalue weighted by Crippen LogP contribution is -2.40. The predicted octanol–water partition coefficient (Wildman–Crippen LogP) is 2.76. The molecule has 7 nitrogen and oxygen atoms in total. The van der Waals surface area contributed by atoms with Gasteiger partial charge in [-0.15, -0.1) is 0 Å². The summed E-state index contributed by atoms with van der Waals surface area (Å²) in [5.41, 5.74) is 0.973. The number of nitrogens with one attached hydrogen (secondary N) is 1. The fraction of sp³-hybridized carbons (Fsp3) is 0.526. The summed E-state index contributed by atoms with van der Waals surface area (Å²) in [7, 11) is 3.71. The lowest BCUT2D eigenvalue weighted by molar-refractivity contribution is 0.279. The highest BCUT2D eigenvalue weighted by Gasteiger charge is 2.21. The second-order valence-electron chi connectivity index (χ2n) is 7.20. The molecule has 0 fully saturated rings. The van der Waals surface area contributed by atoms with Crippen LogP contribution in [0.5, 0.6) is 5.75 Å². The molecule has 142 valence electrons. The van der Waals surface area contributed by atoms with Crippen molar-refractivity contribution < 1.29 is 9.26 Å². The maximum absolute atomic E-state index is 5.84. The molecular formula is C19H29N5O2. The summed E-state index contributed by atoms with van der Waals surface area (Å²) >= 11 is 0. The van der Waals surface area contributed by atoms with E-state index in [4.69, 9.17) is 9.26 Å². The van der Waals surface area contributed by atoms with Gasteiger partial charge < -0.3 is 19.5 Å². The number of aryl methyl sites for hydroxylation is 1. The second-order valence-corrected chi connectivity index (χ2v) is 7.20. The number of nitrogens with zero attached hydrogens (tertiary/aromatic N) is 4. The van der Waals surface area contributed by atoms with E-state index in [9.17, 15) is 0 Å². The van der Waals surface area contributed by atoms with E-state index in [1.165, 1.54) is 0 Å². The molecule has 0 atom stereocenters. The average Bonchev–Trinajstić information content (AvgIpc) is 3.06. The zero-order chi connectivity index (χ0) is 19.2. The Labute approximate surface area is 155 Å². The third-order valence-electron chi connectivity index (χ3n) is 3.87. The second kappa shape index (κ2) is 8.69. The number of guanidine groups is 1. The molecule has 0 aliphatic carbocycles. The minimum Gasteiger partial charge on any atom is -0.491 e. The summed E-state index contributed by atoms with van der Waals surface area (Å²) < 4.78 is 11.1. The zero-order valence-corrected chi connectivity index (χ0v) is 16.5. The molecule has 2 rings (SSSR count). The van der Waals surface area contributed by atoms with Crippen molar-refractivity contribution in [1.82, 2.24) is 20.4 Å². The highest BCUT2D eigenvalue weighted by Crippen LogP contribution is 2.19. The minimum atomic E-state index is -0.156. The molecule has 0 radical (unpaired) electrons. The van der Waals surface area contributed by atoms with Crippen molar-refractivity contribution in [2.45, 2.75) is 39.7 Å². The predicted molar refractivity (Wildman–Crippen MR) is 103 cm³/mol. The Hall–Kier alpha value is -2.57. The van der Waals surface area contributed by atoms with Crippen LogP contribution in [-0.2, 0) is 12.0 Å². The van der Waals surface area contributed by atoms with E-state index in [-0.39, 0.29) is 5.41 Å². The Kier molecular flexibility index (Phi) is 6.60. The summed E-state index contributed by atoms with van der Waals surface area (Å²) in [6.45, 7) is 9.88. The van der Waals surface area contributed by atoms with Gasteiger partial charge >= 0.3 is 0 Å². The molecule has 0 saturated carbocycles. The van der Waals surface area contributed by atoms with Gasteiger partial charge in [0, 0.05) is 19.5 Å². The van der Waals surface area contributed by atoms with Crippen LogP contribution in [0.15, 0.2) is 33.8 Å². The molecule has 0 aliphatic rings. The molecule has 0 unspecified atom stereocenters. The Morgan fingerprint density at radius 1 is 1.31 bits per heavy atom. The maximum atomic E-state index is 5.84.